The SMILES string of the molecule is CC(=O)Oc1c(C)c(-c2cc3cc([N+](=O)[O-])ccc3o2)oc(=O)c1C. The molecular weight excluding hydrogens is 330 g/mol. The van der Waals surface area contributed by atoms with E-state index in [1.54, 1.807) is 6.92 Å². The molecule has 0 radical (unpaired) electrons. The second kappa shape index (κ2) is 5.90. The van der Waals surface area contributed by atoms with Crippen molar-refractivity contribution in [1.82, 2.24) is 0 Å². The lowest BCUT2D eigenvalue weighted by Crippen LogP contribution is -2.12. The number of rotatable bonds is 3. The minimum Gasteiger partial charge on any atom is -0.453 e. The smallest absolute Gasteiger partial charge is 0.343 e. The van der Waals surface area contributed by atoms with E-state index in [4.69, 9.17) is 13.6 Å². The van der Waals surface area contributed by atoms with E-state index in [1.807, 2.05) is 0 Å². The normalized spacial score (nSPS) is 10.8. The van der Waals surface area contributed by atoms with Crippen molar-refractivity contribution in [2.24, 2.45) is 0 Å². The lowest BCUT2D eigenvalue weighted by atomic mass is 10.1. The molecule has 3 aromatic rings. The van der Waals surface area contributed by atoms with Gasteiger partial charge in [0.05, 0.1) is 10.5 Å². The third-order valence-electron chi connectivity index (χ3n) is 3.70. The highest BCUT2D eigenvalue weighted by atomic mass is 16.6. The first-order valence-electron chi connectivity index (χ1n) is 7.29. The molecule has 2 heterocycles. The summed E-state index contributed by atoms with van der Waals surface area (Å²) in [5, 5.41) is 11.4. The molecule has 128 valence electrons. The van der Waals surface area contributed by atoms with Crippen molar-refractivity contribution in [3.8, 4) is 17.3 Å². The van der Waals surface area contributed by atoms with E-state index < -0.39 is 16.5 Å². The summed E-state index contributed by atoms with van der Waals surface area (Å²) in [4.78, 5) is 33.7. The Kier molecular flexibility index (Phi) is 3.88. The number of benzene rings is 1. The molecule has 1 aromatic carbocycles. The van der Waals surface area contributed by atoms with Gasteiger partial charge in [-0.1, -0.05) is 0 Å². The number of fused-ring (bicyclic) bond motifs is 1. The fourth-order valence-electron chi connectivity index (χ4n) is 2.51. The van der Waals surface area contributed by atoms with Gasteiger partial charge in [0.25, 0.3) is 5.69 Å². The lowest BCUT2D eigenvalue weighted by molar-refractivity contribution is -0.384. The van der Waals surface area contributed by atoms with Gasteiger partial charge in [-0.2, -0.15) is 0 Å². The Balaban J connectivity index is 2.20. The van der Waals surface area contributed by atoms with Crippen molar-refractivity contribution in [3.05, 3.63) is 55.9 Å². The van der Waals surface area contributed by atoms with Gasteiger partial charge in [-0.05, 0) is 26.0 Å². The van der Waals surface area contributed by atoms with Crippen LogP contribution >= 0.6 is 0 Å². The summed E-state index contributed by atoms with van der Waals surface area (Å²) in [5.41, 5.74) is 0.243. The molecule has 0 atom stereocenters. The van der Waals surface area contributed by atoms with Crippen molar-refractivity contribution in [1.29, 1.82) is 0 Å². The summed E-state index contributed by atoms with van der Waals surface area (Å²) in [6.07, 6.45) is 0. The molecular formula is C17H13NO7. The number of carbonyl (C=O) groups excluding carboxylic acids is 1. The summed E-state index contributed by atoms with van der Waals surface area (Å²) >= 11 is 0. The fourth-order valence-corrected chi connectivity index (χ4v) is 2.51. The van der Waals surface area contributed by atoms with Gasteiger partial charge in [-0.25, -0.2) is 4.79 Å². The van der Waals surface area contributed by atoms with Crippen LogP contribution in [0.15, 0.2) is 37.9 Å². The van der Waals surface area contributed by atoms with Crippen LogP contribution in [0.3, 0.4) is 0 Å². The Morgan fingerprint density at radius 2 is 1.88 bits per heavy atom. The molecule has 2 aromatic heterocycles. The van der Waals surface area contributed by atoms with Crippen LogP contribution in [0.1, 0.15) is 18.1 Å². The van der Waals surface area contributed by atoms with E-state index >= 15 is 0 Å². The summed E-state index contributed by atoms with van der Waals surface area (Å²) in [5.74, 6) is -0.141. The molecule has 3 rings (SSSR count). The molecule has 0 saturated carbocycles. The van der Waals surface area contributed by atoms with E-state index in [0.29, 0.717) is 16.5 Å². The number of nitro benzene ring substituents is 1. The maximum absolute atomic E-state index is 12.0. The monoisotopic (exact) mass is 343 g/mol. The number of nitro groups is 1. The Hall–Kier alpha value is -3.42. The molecule has 0 aliphatic carbocycles. The molecule has 0 amide bonds. The van der Waals surface area contributed by atoms with Crippen LogP contribution in [0.25, 0.3) is 22.5 Å². The van der Waals surface area contributed by atoms with E-state index in [9.17, 15) is 19.7 Å². The molecule has 0 saturated heterocycles. The number of hydrogen-bond acceptors (Lipinski definition) is 7. The fraction of sp³-hybridized carbons (Fsp3) is 0.176. The number of ether oxygens (including phenoxy) is 1. The first-order chi connectivity index (χ1) is 11.8. The highest BCUT2D eigenvalue weighted by molar-refractivity contribution is 5.84. The average molecular weight is 343 g/mol. The molecule has 0 aliphatic heterocycles. The van der Waals surface area contributed by atoms with Crippen molar-refractivity contribution in [2.45, 2.75) is 20.8 Å². The zero-order valence-electron chi connectivity index (χ0n) is 13.6. The molecule has 25 heavy (non-hydrogen) atoms. The van der Waals surface area contributed by atoms with Crippen LogP contribution in [0.4, 0.5) is 5.69 Å². The molecule has 0 fully saturated rings. The van der Waals surface area contributed by atoms with E-state index in [1.165, 1.54) is 38.1 Å². The number of furan rings is 1. The number of non-ortho nitro benzene ring substituents is 1. The van der Waals surface area contributed by atoms with E-state index in [-0.39, 0.29) is 28.5 Å². The van der Waals surface area contributed by atoms with Gasteiger partial charge < -0.3 is 13.6 Å². The predicted molar refractivity (Wildman–Crippen MR) is 87.6 cm³/mol. The van der Waals surface area contributed by atoms with Gasteiger partial charge in [0.1, 0.15) is 11.3 Å². The van der Waals surface area contributed by atoms with Crippen molar-refractivity contribution >= 4 is 22.6 Å². The molecule has 8 heteroatoms. The summed E-state index contributed by atoms with van der Waals surface area (Å²) in [6, 6.07) is 5.67. The van der Waals surface area contributed by atoms with Gasteiger partial charge in [0.15, 0.2) is 11.5 Å². The minimum atomic E-state index is -0.664. The van der Waals surface area contributed by atoms with Gasteiger partial charge >= 0.3 is 11.6 Å². The van der Waals surface area contributed by atoms with Gasteiger partial charge in [-0.3, -0.25) is 14.9 Å². The molecule has 0 N–H and O–H groups in total. The first-order valence-corrected chi connectivity index (χ1v) is 7.29. The molecule has 0 spiro atoms. The Morgan fingerprint density at radius 1 is 1.16 bits per heavy atom. The van der Waals surface area contributed by atoms with Gasteiger partial charge in [-0.15, -0.1) is 0 Å². The topological polar surface area (TPSA) is 113 Å². The standard InChI is InChI=1S/C17H13NO7/c1-8-15(23-10(3)19)9(2)17(20)25-16(8)14-7-11-6-12(18(21)22)4-5-13(11)24-14/h4-7H,1-3H3. The highest BCUT2D eigenvalue weighted by Gasteiger charge is 2.21. The Labute approximate surface area is 140 Å². The average Bonchev–Trinajstić information content (AvgIpc) is 2.97. The van der Waals surface area contributed by atoms with E-state index in [2.05, 4.69) is 0 Å². The van der Waals surface area contributed by atoms with Crippen LogP contribution in [-0.2, 0) is 4.79 Å². The molecule has 0 bridgehead atoms. The number of nitrogens with zero attached hydrogens (tertiary/aromatic N) is 1. The van der Waals surface area contributed by atoms with Crippen molar-refractivity contribution in [2.75, 3.05) is 0 Å². The van der Waals surface area contributed by atoms with Crippen molar-refractivity contribution in [3.63, 3.8) is 0 Å². The largest absolute Gasteiger partial charge is 0.453 e. The van der Waals surface area contributed by atoms with Crippen LogP contribution < -0.4 is 10.4 Å². The highest BCUT2D eigenvalue weighted by Crippen LogP contribution is 2.35. The first kappa shape index (κ1) is 16.4. The van der Waals surface area contributed by atoms with Gasteiger partial charge in [0, 0.05) is 30.0 Å². The summed E-state index contributed by atoms with van der Waals surface area (Å²) in [7, 11) is 0. The Morgan fingerprint density at radius 3 is 2.52 bits per heavy atom. The van der Waals surface area contributed by atoms with Gasteiger partial charge in [0.2, 0.25) is 0 Å². The number of hydrogen-bond donors (Lipinski definition) is 0. The number of carbonyl (C=O) groups is 1. The van der Waals surface area contributed by atoms with Crippen molar-refractivity contribution < 1.29 is 23.3 Å². The second-order valence-electron chi connectivity index (χ2n) is 5.48. The maximum atomic E-state index is 12.0. The van der Waals surface area contributed by atoms with Crippen LogP contribution in [0.2, 0.25) is 0 Å². The summed E-state index contributed by atoms with van der Waals surface area (Å²) in [6.45, 7) is 4.34. The molecule has 8 nitrogen and oxygen atoms in total. The van der Waals surface area contributed by atoms with Crippen LogP contribution in [-0.4, -0.2) is 10.9 Å². The minimum absolute atomic E-state index is 0.0810. The third-order valence-corrected chi connectivity index (χ3v) is 3.70. The second-order valence-corrected chi connectivity index (χ2v) is 5.48. The molecule has 0 aliphatic rings. The quantitative estimate of drug-likeness (QED) is 0.406. The number of esters is 1. The van der Waals surface area contributed by atoms with Crippen LogP contribution in [0, 0.1) is 24.0 Å². The summed E-state index contributed by atoms with van der Waals surface area (Å²) < 4.78 is 16.0. The zero-order valence-corrected chi connectivity index (χ0v) is 13.6. The maximum Gasteiger partial charge on any atom is 0.343 e. The third kappa shape index (κ3) is 2.89. The van der Waals surface area contributed by atoms with E-state index in [0.717, 1.165) is 0 Å². The predicted octanol–water partition coefficient (Wildman–Crippen LogP) is 3.50. The lowest BCUT2D eigenvalue weighted by Gasteiger charge is -2.10. The Bertz CT molecular complexity index is 1070. The zero-order chi connectivity index (χ0) is 18.3. The van der Waals surface area contributed by atoms with Crippen LogP contribution in [0.5, 0.6) is 5.75 Å². The molecule has 0 unspecified atom stereocenters.